The minimum atomic E-state index is 0.789. The molecule has 2 saturated heterocycles. The SMILES string of the molecule is c1cc(CC2CC3CCC(C2)N3)c2cccnc2c1. The molecular formula is C17H20N2. The standard InChI is InChI=1S/C17H20N2/c1-3-13(16-4-2-8-18-17(16)5-1)9-12-10-14-6-7-15(11-12)19-14/h1-5,8,12,14-15,19H,6-7,9-11H2. The maximum absolute atomic E-state index is 4.46. The summed E-state index contributed by atoms with van der Waals surface area (Å²) in [5.41, 5.74) is 2.62. The van der Waals surface area contributed by atoms with E-state index in [9.17, 15) is 0 Å². The van der Waals surface area contributed by atoms with Crippen LogP contribution in [0.25, 0.3) is 10.9 Å². The molecule has 4 rings (SSSR count). The van der Waals surface area contributed by atoms with Crippen molar-refractivity contribution in [1.29, 1.82) is 0 Å². The minimum Gasteiger partial charge on any atom is -0.311 e. The van der Waals surface area contributed by atoms with Crippen molar-refractivity contribution in [3.05, 3.63) is 42.1 Å². The van der Waals surface area contributed by atoms with Crippen LogP contribution in [0.1, 0.15) is 31.2 Å². The van der Waals surface area contributed by atoms with E-state index in [0.717, 1.165) is 23.5 Å². The average Bonchev–Trinajstić information content (AvgIpc) is 2.78. The van der Waals surface area contributed by atoms with Crippen LogP contribution in [0.5, 0.6) is 0 Å². The fraction of sp³-hybridized carbons (Fsp3) is 0.471. The van der Waals surface area contributed by atoms with Crippen molar-refractivity contribution in [3.63, 3.8) is 0 Å². The van der Waals surface area contributed by atoms with E-state index in [1.54, 1.807) is 0 Å². The zero-order chi connectivity index (χ0) is 12.7. The number of nitrogens with one attached hydrogen (secondary N) is 1. The van der Waals surface area contributed by atoms with Gasteiger partial charge in [0.1, 0.15) is 0 Å². The highest BCUT2D eigenvalue weighted by Crippen LogP contribution is 2.33. The molecule has 98 valence electrons. The van der Waals surface area contributed by atoms with Crippen LogP contribution in [-0.4, -0.2) is 17.1 Å². The maximum Gasteiger partial charge on any atom is 0.0704 e. The molecule has 2 aromatic rings. The topological polar surface area (TPSA) is 24.9 Å². The summed E-state index contributed by atoms with van der Waals surface area (Å²) in [5.74, 6) is 0.851. The third kappa shape index (κ3) is 2.14. The Morgan fingerprint density at radius 3 is 2.74 bits per heavy atom. The van der Waals surface area contributed by atoms with Crippen molar-refractivity contribution in [3.8, 4) is 0 Å². The number of piperidine rings is 1. The molecule has 2 bridgehead atoms. The van der Waals surface area contributed by atoms with Crippen molar-refractivity contribution in [2.24, 2.45) is 5.92 Å². The van der Waals surface area contributed by atoms with E-state index in [-0.39, 0.29) is 0 Å². The number of fused-ring (bicyclic) bond motifs is 3. The van der Waals surface area contributed by atoms with E-state index >= 15 is 0 Å². The Kier molecular flexibility index (Phi) is 2.77. The van der Waals surface area contributed by atoms with Crippen molar-refractivity contribution in [2.75, 3.05) is 0 Å². The lowest BCUT2D eigenvalue weighted by Crippen LogP contribution is -2.38. The van der Waals surface area contributed by atoms with Crippen molar-refractivity contribution < 1.29 is 0 Å². The molecule has 19 heavy (non-hydrogen) atoms. The molecule has 2 heteroatoms. The molecule has 3 heterocycles. The molecular weight excluding hydrogens is 232 g/mol. The van der Waals surface area contributed by atoms with E-state index in [1.165, 1.54) is 43.1 Å². The smallest absolute Gasteiger partial charge is 0.0704 e. The molecule has 0 radical (unpaired) electrons. The quantitative estimate of drug-likeness (QED) is 0.887. The first kappa shape index (κ1) is 11.4. The Bertz CT molecular complexity index is 575. The highest BCUT2D eigenvalue weighted by Gasteiger charge is 2.33. The zero-order valence-electron chi connectivity index (χ0n) is 11.2. The maximum atomic E-state index is 4.46. The van der Waals surface area contributed by atoms with E-state index in [0.29, 0.717) is 0 Å². The largest absolute Gasteiger partial charge is 0.311 e. The first-order valence-corrected chi connectivity index (χ1v) is 7.47. The number of benzene rings is 1. The van der Waals surface area contributed by atoms with Gasteiger partial charge in [-0.2, -0.15) is 0 Å². The number of pyridine rings is 1. The number of hydrogen-bond donors (Lipinski definition) is 1. The number of aromatic nitrogens is 1. The summed E-state index contributed by atoms with van der Waals surface area (Å²) in [6.45, 7) is 0. The lowest BCUT2D eigenvalue weighted by atomic mass is 9.86. The normalized spacial score (nSPS) is 29.8. The van der Waals surface area contributed by atoms with Gasteiger partial charge in [-0.1, -0.05) is 18.2 Å². The van der Waals surface area contributed by atoms with Gasteiger partial charge < -0.3 is 5.32 Å². The molecule has 2 fully saturated rings. The number of hydrogen-bond acceptors (Lipinski definition) is 2. The summed E-state index contributed by atoms with van der Waals surface area (Å²) in [5, 5.41) is 5.07. The van der Waals surface area contributed by atoms with Crippen LogP contribution in [0.2, 0.25) is 0 Å². The molecule has 0 amide bonds. The summed E-state index contributed by atoms with van der Waals surface area (Å²) >= 11 is 0. The molecule has 1 aromatic carbocycles. The summed E-state index contributed by atoms with van der Waals surface area (Å²) in [7, 11) is 0. The predicted molar refractivity (Wildman–Crippen MR) is 78.1 cm³/mol. The van der Waals surface area contributed by atoms with Crippen LogP contribution in [0.4, 0.5) is 0 Å². The van der Waals surface area contributed by atoms with Gasteiger partial charge in [-0.05, 0) is 55.7 Å². The van der Waals surface area contributed by atoms with Crippen molar-refractivity contribution in [1.82, 2.24) is 10.3 Å². The Labute approximate surface area is 114 Å². The molecule has 2 aliphatic heterocycles. The Hall–Kier alpha value is -1.41. The van der Waals surface area contributed by atoms with Gasteiger partial charge in [0, 0.05) is 23.7 Å². The molecule has 2 aliphatic rings. The summed E-state index contributed by atoms with van der Waals surface area (Å²) in [6.07, 6.45) is 8.59. The van der Waals surface area contributed by atoms with E-state index in [1.807, 2.05) is 6.20 Å². The predicted octanol–water partition coefficient (Wildman–Crippen LogP) is 3.31. The highest BCUT2D eigenvalue weighted by molar-refractivity contribution is 5.81. The Balaban J connectivity index is 1.61. The van der Waals surface area contributed by atoms with Gasteiger partial charge in [0.15, 0.2) is 0 Å². The van der Waals surface area contributed by atoms with Crippen LogP contribution in [0, 0.1) is 5.92 Å². The number of nitrogens with zero attached hydrogens (tertiary/aromatic N) is 1. The highest BCUT2D eigenvalue weighted by atomic mass is 15.0. The third-order valence-electron chi connectivity index (χ3n) is 4.82. The molecule has 2 unspecified atom stereocenters. The zero-order valence-corrected chi connectivity index (χ0v) is 11.2. The van der Waals surface area contributed by atoms with E-state index < -0.39 is 0 Å². The Morgan fingerprint density at radius 2 is 1.89 bits per heavy atom. The molecule has 2 nitrogen and oxygen atoms in total. The second-order valence-electron chi connectivity index (χ2n) is 6.17. The second-order valence-corrected chi connectivity index (χ2v) is 6.17. The van der Waals surface area contributed by atoms with Gasteiger partial charge in [0.25, 0.3) is 0 Å². The van der Waals surface area contributed by atoms with E-state index in [2.05, 4.69) is 40.6 Å². The van der Waals surface area contributed by atoms with E-state index in [4.69, 9.17) is 0 Å². The summed E-state index contributed by atoms with van der Waals surface area (Å²) in [4.78, 5) is 4.46. The molecule has 1 aromatic heterocycles. The monoisotopic (exact) mass is 252 g/mol. The third-order valence-corrected chi connectivity index (χ3v) is 4.82. The molecule has 1 N–H and O–H groups in total. The van der Waals surface area contributed by atoms with Gasteiger partial charge >= 0.3 is 0 Å². The van der Waals surface area contributed by atoms with Gasteiger partial charge in [-0.3, -0.25) is 4.98 Å². The van der Waals surface area contributed by atoms with Crippen LogP contribution in [0.15, 0.2) is 36.5 Å². The van der Waals surface area contributed by atoms with Crippen molar-refractivity contribution >= 4 is 10.9 Å². The van der Waals surface area contributed by atoms with Gasteiger partial charge in [-0.15, -0.1) is 0 Å². The molecule has 0 saturated carbocycles. The van der Waals surface area contributed by atoms with Crippen LogP contribution < -0.4 is 5.32 Å². The first-order valence-electron chi connectivity index (χ1n) is 7.47. The average molecular weight is 252 g/mol. The summed E-state index contributed by atoms with van der Waals surface area (Å²) < 4.78 is 0. The van der Waals surface area contributed by atoms with Gasteiger partial charge in [0.2, 0.25) is 0 Å². The molecule has 0 aliphatic carbocycles. The second kappa shape index (κ2) is 4.61. The lowest BCUT2D eigenvalue weighted by molar-refractivity contribution is 0.299. The van der Waals surface area contributed by atoms with Crippen molar-refractivity contribution in [2.45, 2.75) is 44.2 Å². The van der Waals surface area contributed by atoms with Gasteiger partial charge in [-0.25, -0.2) is 0 Å². The fourth-order valence-electron chi connectivity index (χ4n) is 4.00. The van der Waals surface area contributed by atoms with Crippen LogP contribution >= 0.6 is 0 Å². The minimum absolute atomic E-state index is 0.789. The molecule has 2 atom stereocenters. The lowest BCUT2D eigenvalue weighted by Gasteiger charge is -2.29. The van der Waals surface area contributed by atoms with Gasteiger partial charge in [0.05, 0.1) is 5.52 Å². The Morgan fingerprint density at radius 1 is 1.05 bits per heavy atom. The molecule has 0 spiro atoms. The first-order chi connectivity index (χ1) is 9.38. The van der Waals surface area contributed by atoms with Crippen LogP contribution in [-0.2, 0) is 6.42 Å². The fourth-order valence-corrected chi connectivity index (χ4v) is 4.00. The summed E-state index contributed by atoms with van der Waals surface area (Å²) in [6, 6.07) is 12.4. The van der Waals surface area contributed by atoms with Crippen LogP contribution in [0.3, 0.4) is 0 Å². The number of rotatable bonds is 2.